The number of carbonyl (C=O) groups is 3. The zero-order valence-electron chi connectivity index (χ0n) is 12.6. The van der Waals surface area contributed by atoms with Crippen LogP contribution >= 0.6 is 11.8 Å². The van der Waals surface area contributed by atoms with Crippen LogP contribution < -0.4 is 16.4 Å². The summed E-state index contributed by atoms with van der Waals surface area (Å²) in [6, 6.07) is -0.319. The molecule has 0 radical (unpaired) electrons. The maximum Gasteiger partial charge on any atom is 0.238 e. The number of Topliss-reactive ketones (excluding diaryl/α,β-unsaturated/α-hetero) is 1. The van der Waals surface area contributed by atoms with Crippen molar-refractivity contribution in [3.05, 3.63) is 0 Å². The molecule has 116 valence electrons. The van der Waals surface area contributed by atoms with Crippen LogP contribution in [0, 0.1) is 5.92 Å². The number of rotatable bonds is 10. The van der Waals surface area contributed by atoms with Crippen molar-refractivity contribution < 1.29 is 14.4 Å². The molecule has 0 bridgehead atoms. The molecular formula is C13H25N3O3S. The molecule has 0 heterocycles. The molecular weight excluding hydrogens is 278 g/mol. The van der Waals surface area contributed by atoms with Crippen LogP contribution in [0.25, 0.3) is 0 Å². The number of hydrogen-bond donors (Lipinski definition) is 3. The lowest BCUT2D eigenvalue weighted by Gasteiger charge is -2.20. The minimum Gasteiger partial charge on any atom is -0.368 e. The Kier molecular flexibility index (Phi) is 9.24. The first kappa shape index (κ1) is 18.9. The quantitative estimate of drug-likeness (QED) is 0.524. The number of carbonyl (C=O) groups excluding carboxylic acids is 3. The van der Waals surface area contributed by atoms with Crippen molar-refractivity contribution >= 4 is 29.4 Å². The summed E-state index contributed by atoms with van der Waals surface area (Å²) in [5, 5.41) is 5.58. The third kappa shape index (κ3) is 8.92. The van der Waals surface area contributed by atoms with E-state index < -0.39 is 11.9 Å². The first-order valence-corrected chi connectivity index (χ1v) is 7.82. The second-order valence-electron chi connectivity index (χ2n) is 5.19. The Morgan fingerprint density at radius 3 is 2.20 bits per heavy atom. The van der Waals surface area contributed by atoms with Gasteiger partial charge >= 0.3 is 0 Å². The highest BCUT2D eigenvalue weighted by atomic mass is 32.2. The number of amides is 2. The number of thioether (sulfide) groups is 1. The normalized spacial score (nSPS) is 12.5. The van der Waals surface area contributed by atoms with Gasteiger partial charge in [0.05, 0.1) is 18.3 Å². The lowest BCUT2D eigenvalue weighted by Crippen LogP contribution is -2.50. The van der Waals surface area contributed by atoms with E-state index in [1.165, 1.54) is 11.8 Å². The molecule has 0 aliphatic rings. The van der Waals surface area contributed by atoms with Gasteiger partial charge in [0.1, 0.15) is 5.78 Å². The Morgan fingerprint density at radius 1 is 1.15 bits per heavy atom. The van der Waals surface area contributed by atoms with E-state index in [0.717, 1.165) is 0 Å². The van der Waals surface area contributed by atoms with Crippen LogP contribution in [0.3, 0.4) is 0 Å². The number of nitrogens with one attached hydrogen (secondary N) is 2. The molecule has 7 heteroatoms. The van der Waals surface area contributed by atoms with Gasteiger partial charge in [-0.05, 0) is 0 Å². The molecule has 0 spiro atoms. The average Bonchev–Trinajstić information content (AvgIpc) is 2.33. The molecule has 0 rings (SSSR count). The fourth-order valence-electron chi connectivity index (χ4n) is 1.34. The number of nitrogens with two attached hydrogens (primary N) is 1. The summed E-state index contributed by atoms with van der Waals surface area (Å²) in [5.74, 6) is 0.169. The van der Waals surface area contributed by atoms with Gasteiger partial charge in [0.25, 0.3) is 0 Å². The molecule has 0 saturated carbocycles. The topological polar surface area (TPSA) is 101 Å². The fourth-order valence-corrected chi connectivity index (χ4v) is 2.48. The highest BCUT2D eigenvalue weighted by molar-refractivity contribution is 8.00. The van der Waals surface area contributed by atoms with Crippen molar-refractivity contribution in [2.45, 2.75) is 39.8 Å². The first-order chi connectivity index (χ1) is 9.23. The zero-order valence-corrected chi connectivity index (χ0v) is 13.4. The number of ketones is 1. The Labute approximate surface area is 124 Å². The van der Waals surface area contributed by atoms with Crippen LogP contribution in [0.2, 0.25) is 0 Å². The molecule has 0 saturated heterocycles. The molecule has 1 atom stereocenters. The summed E-state index contributed by atoms with van der Waals surface area (Å²) in [5.41, 5.74) is 4.99. The van der Waals surface area contributed by atoms with Gasteiger partial charge in [-0.2, -0.15) is 11.8 Å². The van der Waals surface area contributed by atoms with Crippen molar-refractivity contribution in [2.75, 3.05) is 18.1 Å². The van der Waals surface area contributed by atoms with Gasteiger partial charge in [0, 0.05) is 17.7 Å². The summed E-state index contributed by atoms with van der Waals surface area (Å²) >= 11 is 1.41. The Bertz CT molecular complexity index is 346. The summed E-state index contributed by atoms with van der Waals surface area (Å²) in [6.45, 7) is 7.39. The van der Waals surface area contributed by atoms with E-state index in [1.54, 1.807) is 0 Å². The van der Waals surface area contributed by atoms with E-state index in [1.807, 2.05) is 27.7 Å². The molecule has 20 heavy (non-hydrogen) atoms. The van der Waals surface area contributed by atoms with Crippen molar-refractivity contribution in [2.24, 2.45) is 11.7 Å². The second kappa shape index (κ2) is 9.77. The van der Waals surface area contributed by atoms with Crippen LogP contribution in [0.4, 0.5) is 0 Å². The average molecular weight is 303 g/mol. The second-order valence-corrected chi connectivity index (χ2v) is 6.22. The summed E-state index contributed by atoms with van der Waals surface area (Å²) < 4.78 is 0. The number of primary amides is 1. The molecule has 0 aliphatic carbocycles. The minimum atomic E-state index is -0.579. The van der Waals surface area contributed by atoms with Crippen LogP contribution in [0.15, 0.2) is 0 Å². The predicted octanol–water partition coefficient (Wildman–Crippen LogP) is -0.0872. The van der Waals surface area contributed by atoms with Crippen LogP contribution in [-0.2, 0) is 14.4 Å². The SMILES string of the molecule is CC(C)NC(CSCC(=O)C(C)C)C(=O)NCC(N)=O. The van der Waals surface area contributed by atoms with Crippen molar-refractivity contribution in [3.8, 4) is 0 Å². The van der Waals surface area contributed by atoms with Crippen molar-refractivity contribution in [1.82, 2.24) is 10.6 Å². The van der Waals surface area contributed by atoms with Gasteiger partial charge < -0.3 is 16.4 Å². The maximum atomic E-state index is 11.9. The van der Waals surface area contributed by atoms with Crippen LogP contribution in [0.1, 0.15) is 27.7 Å². The molecule has 0 aromatic heterocycles. The Morgan fingerprint density at radius 2 is 1.75 bits per heavy atom. The van der Waals surface area contributed by atoms with E-state index in [9.17, 15) is 14.4 Å². The molecule has 1 unspecified atom stereocenters. The molecule has 6 nitrogen and oxygen atoms in total. The Balaban J connectivity index is 4.30. The highest BCUT2D eigenvalue weighted by Gasteiger charge is 2.20. The largest absolute Gasteiger partial charge is 0.368 e. The van der Waals surface area contributed by atoms with Crippen LogP contribution in [0.5, 0.6) is 0 Å². The summed E-state index contributed by atoms with van der Waals surface area (Å²) in [7, 11) is 0. The van der Waals surface area contributed by atoms with Crippen molar-refractivity contribution in [1.29, 1.82) is 0 Å². The van der Waals surface area contributed by atoms with Crippen LogP contribution in [-0.4, -0.2) is 47.7 Å². The number of hydrogen-bond acceptors (Lipinski definition) is 5. The van der Waals surface area contributed by atoms with Gasteiger partial charge in [-0.1, -0.05) is 27.7 Å². The molecule has 2 amide bonds. The van der Waals surface area contributed by atoms with E-state index in [4.69, 9.17) is 5.73 Å². The highest BCUT2D eigenvalue weighted by Crippen LogP contribution is 2.08. The van der Waals surface area contributed by atoms with E-state index in [0.29, 0.717) is 11.5 Å². The Hall–Kier alpha value is -1.08. The van der Waals surface area contributed by atoms with E-state index >= 15 is 0 Å². The molecule has 0 aromatic carbocycles. The zero-order chi connectivity index (χ0) is 15.7. The van der Waals surface area contributed by atoms with Gasteiger partial charge in [-0.15, -0.1) is 0 Å². The lowest BCUT2D eigenvalue weighted by atomic mass is 10.1. The molecule has 0 aromatic rings. The van der Waals surface area contributed by atoms with Gasteiger partial charge in [-0.25, -0.2) is 0 Å². The summed E-state index contributed by atoms with van der Waals surface area (Å²) in [4.78, 5) is 34.1. The van der Waals surface area contributed by atoms with Gasteiger partial charge in [-0.3, -0.25) is 14.4 Å². The van der Waals surface area contributed by atoms with Gasteiger partial charge in [0.15, 0.2) is 0 Å². The predicted molar refractivity (Wildman–Crippen MR) is 81.4 cm³/mol. The molecule has 0 fully saturated rings. The monoisotopic (exact) mass is 303 g/mol. The molecule has 4 N–H and O–H groups in total. The van der Waals surface area contributed by atoms with E-state index in [-0.39, 0.29) is 30.2 Å². The molecule has 0 aliphatic heterocycles. The summed E-state index contributed by atoms with van der Waals surface area (Å²) in [6.07, 6.45) is 0. The third-order valence-electron chi connectivity index (χ3n) is 2.46. The lowest BCUT2D eigenvalue weighted by molar-refractivity contribution is -0.126. The third-order valence-corrected chi connectivity index (χ3v) is 3.52. The minimum absolute atomic E-state index is 0.00250. The van der Waals surface area contributed by atoms with E-state index in [2.05, 4.69) is 10.6 Å². The fraction of sp³-hybridized carbons (Fsp3) is 0.769. The smallest absolute Gasteiger partial charge is 0.238 e. The maximum absolute atomic E-state index is 11.9. The van der Waals surface area contributed by atoms with Gasteiger partial charge in [0.2, 0.25) is 11.8 Å². The standard InChI is InChI=1S/C13H25N3O3S/c1-8(2)11(17)7-20-6-10(16-9(3)4)13(19)15-5-12(14)18/h8-10,16H,5-7H2,1-4H3,(H2,14,18)(H,15,19). The first-order valence-electron chi connectivity index (χ1n) is 6.66. The van der Waals surface area contributed by atoms with Crippen molar-refractivity contribution in [3.63, 3.8) is 0 Å².